The molecule has 18 heavy (non-hydrogen) atoms. The Kier molecular flexibility index (Phi) is 6.52. The van der Waals surface area contributed by atoms with Crippen LogP contribution in [0.15, 0.2) is 0 Å². The molecular weight excluding hydrogens is 250 g/mol. The van der Waals surface area contributed by atoms with Crippen LogP contribution in [0.5, 0.6) is 0 Å². The van der Waals surface area contributed by atoms with Crippen LogP contribution in [0.3, 0.4) is 0 Å². The molecule has 1 aliphatic rings. The Morgan fingerprint density at radius 2 is 2.28 bits per heavy atom. The van der Waals surface area contributed by atoms with Gasteiger partial charge in [-0.05, 0) is 6.92 Å². The van der Waals surface area contributed by atoms with E-state index in [1.165, 1.54) is 0 Å². The Morgan fingerprint density at radius 1 is 1.56 bits per heavy atom. The minimum absolute atomic E-state index is 0.143. The first-order chi connectivity index (χ1) is 8.50. The first-order valence-electron chi connectivity index (χ1n) is 6.34. The standard InChI is InChI=1S/C12H23N3O2S/c1-10-9-17-8-7-15(10)6-4-12(16)14(2)5-3-11(13)18/h10H,3-9H2,1-2H3,(H2,13,18). The lowest BCUT2D eigenvalue weighted by molar-refractivity contribution is -0.130. The Balaban J connectivity index is 2.24. The summed E-state index contributed by atoms with van der Waals surface area (Å²) in [5, 5.41) is 0. The van der Waals surface area contributed by atoms with Gasteiger partial charge in [0.05, 0.1) is 18.2 Å². The predicted octanol–water partition coefficient (Wildman–Crippen LogP) is 0.232. The fourth-order valence-electron chi connectivity index (χ4n) is 1.93. The lowest BCUT2D eigenvalue weighted by Gasteiger charge is -2.33. The van der Waals surface area contributed by atoms with E-state index in [0.29, 0.717) is 30.4 Å². The molecule has 0 aromatic carbocycles. The Morgan fingerprint density at radius 3 is 2.89 bits per heavy atom. The first-order valence-corrected chi connectivity index (χ1v) is 6.75. The lowest BCUT2D eigenvalue weighted by Crippen LogP contribution is -2.45. The van der Waals surface area contributed by atoms with Gasteiger partial charge < -0.3 is 15.4 Å². The van der Waals surface area contributed by atoms with E-state index < -0.39 is 0 Å². The Bertz CT molecular complexity index is 299. The highest BCUT2D eigenvalue weighted by Crippen LogP contribution is 2.07. The number of carbonyl (C=O) groups excluding carboxylic acids is 1. The number of amides is 1. The monoisotopic (exact) mass is 273 g/mol. The number of nitrogens with two attached hydrogens (primary N) is 1. The van der Waals surface area contributed by atoms with Gasteiger partial charge in [0, 0.05) is 45.6 Å². The summed E-state index contributed by atoms with van der Waals surface area (Å²) in [5.41, 5.74) is 5.42. The average molecular weight is 273 g/mol. The summed E-state index contributed by atoms with van der Waals surface area (Å²) in [7, 11) is 1.79. The molecule has 0 spiro atoms. The van der Waals surface area contributed by atoms with Gasteiger partial charge in [0.25, 0.3) is 0 Å². The van der Waals surface area contributed by atoms with Gasteiger partial charge in [0.2, 0.25) is 5.91 Å². The molecule has 0 aliphatic carbocycles. The van der Waals surface area contributed by atoms with Crippen LogP contribution in [0.4, 0.5) is 0 Å². The summed E-state index contributed by atoms with van der Waals surface area (Å²) >= 11 is 4.80. The molecule has 1 atom stereocenters. The normalized spacial score (nSPS) is 20.7. The molecule has 1 aliphatic heterocycles. The van der Waals surface area contributed by atoms with Crippen LogP contribution in [-0.2, 0) is 9.53 Å². The number of thiocarbonyl (C=S) groups is 1. The molecule has 104 valence electrons. The molecule has 0 saturated carbocycles. The number of hydrogen-bond donors (Lipinski definition) is 1. The molecule has 1 heterocycles. The second-order valence-corrected chi connectivity index (χ2v) is 5.27. The van der Waals surface area contributed by atoms with Crippen LogP contribution in [0.1, 0.15) is 19.8 Å². The summed E-state index contributed by atoms with van der Waals surface area (Å²) in [4.78, 5) is 16.3. The van der Waals surface area contributed by atoms with Crippen LogP contribution >= 0.6 is 12.2 Å². The zero-order valence-electron chi connectivity index (χ0n) is 11.2. The van der Waals surface area contributed by atoms with Crippen molar-refractivity contribution in [1.82, 2.24) is 9.80 Å². The smallest absolute Gasteiger partial charge is 0.223 e. The minimum Gasteiger partial charge on any atom is -0.393 e. The average Bonchev–Trinajstić information content (AvgIpc) is 2.34. The molecule has 2 N–H and O–H groups in total. The maximum Gasteiger partial charge on any atom is 0.223 e. The maximum atomic E-state index is 11.9. The van der Waals surface area contributed by atoms with E-state index in [-0.39, 0.29) is 5.91 Å². The summed E-state index contributed by atoms with van der Waals surface area (Å²) in [6, 6.07) is 0.397. The van der Waals surface area contributed by atoms with Gasteiger partial charge in [-0.25, -0.2) is 0 Å². The molecule has 0 bridgehead atoms. The van der Waals surface area contributed by atoms with Crippen LogP contribution in [0.25, 0.3) is 0 Å². The molecule has 1 unspecified atom stereocenters. The van der Waals surface area contributed by atoms with Crippen molar-refractivity contribution in [2.75, 3.05) is 39.9 Å². The lowest BCUT2D eigenvalue weighted by atomic mass is 10.2. The molecule has 5 nitrogen and oxygen atoms in total. The molecular formula is C12H23N3O2S. The molecule has 0 aromatic heterocycles. The topological polar surface area (TPSA) is 58.8 Å². The molecule has 1 amide bonds. The van der Waals surface area contributed by atoms with Gasteiger partial charge >= 0.3 is 0 Å². The summed E-state index contributed by atoms with van der Waals surface area (Å²) in [5.74, 6) is 0.143. The van der Waals surface area contributed by atoms with Gasteiger partial charge in [0.15, 0.2) is 0 Å². The Hall–Kier alpha value is -0.720. The van der Waals surface area contributed by atoms with Gasteiger partial charge in [0.1, 0.15) is 0 Å². The molecule has 1 rings (SSSR count). The highest BCUT2D eigenvalue weighted by atomic mass is 32.1. The largest absolute Gasteiger partial charge is 0.393 e. The van der Waals surface area contributed by atoms with Gasteiger partial charge in [-0.15, -0.1) is 0 Å². The SMILES string of the molecule is CC1COCCN1CCC(=O)N(C)CCC(N)=S. The molecule has 1 fully saturated rings. The quantitative estimate of drug-likeness (QED) is 0.702. The van der Waals surface area contributed by atoms with E-state index in [2.05, 4.69) is 11.8 Å². The van der Waals surface area contributed by atoms with Crippen molar-refractivity contribution in [3.8, 4) is 0 Å². The first kappa shape index (κ1) is 15.3. The number of nitrogens with zero attached hydrogens (tertiary/aromatic N) is 2. The molecule has 1 saturated heterocycles. The van der Waals surface area contributed by atoms with Crippen molar-refractivity contribution in [2.24, 2.45) is 5.73 Å². The van der Waals surface area contributed by atoms with Crippen LogP contribution in [0, 0.1) is 0 Å². The molecule has 0 aromatic rings. The fraction of sp³-hybridized carbons (Fsp3) is 0.833. The third-order valence-corrected chi connectivity index (χ3v) is 3.44. The van der Waals surface area contributed by atoms with E-state index in [4.69, 9.17) is 22.7 Å². The number of morpholine rings is 1. The van der Waals surface area contributed by atoms with Crippen LogP contribution in [-0.4, -0.2) is 66.6 Å². The van der Waals surface area contributed by atoms with Crippen molar-refractivity contribution in [1.29, 1.82) is 0 Å². The van der Waals surface area contributed by atoms with E-state index in [1.54, 1.807) is 11.9 Å². The number of ether oxygens (including phenoxy) is 1. The summed E-state index contributed by atoms with van der Waals surface area (Å²) in [6.07, 6.45) is 1.13. The van der Waals surface area contributed by atoms with Crippen molar-refractivity contribution in [3.63, 3.8) is 0 Å². The Labute approximate surface area is 114 Å². The van der Waals surface area contributed by atoms with Gasteiger partial charge in [-0.1, -0.05) is 12.2 Å². The zero-order valence-corrected chi connectivity index (χ0v) is 12.0. The highest BCUT2D eigenvalue weighted by Gasteiger charge is 2.19. The van der Waals surface area contributed by atoms with Gasteiger partial charge in [-0.3, -0.25) is 9.69 Å². The maximum absolute atomic E-state index is 11.9. The van der Waals surface area contributed by atoms with E-state index in [0.717, 1.165) is 26.3 Å². The number of carbonyl (C=O) groups is 1. The summed E-state index contributed by atoms with van der Waals surface area (Å²) in [6.45, 7) is 5.94. The van der Waals surface area contributed by atoms with Crippen LogP contribution in [0.2, 0.25) is 0 Å². The van der Waals surface area contributed by atoms with Crippen molar-refractivity contribution >= 4 is 23.1 Å². The second-order valence-electron chi connectivity index (χ2n) is 4.74. The third-order valence-electron chi connectivity index (χ3n) is 3.24. The van der Waals surface area contributed by atoms with Crippen molar-refractivity contribution < 1.29 is 9.53 Å². The summed E-state index contributed by atoms with van der Waals surface area (Å²) < 4.78 is 5.37. The zero-order chi connectivity index (χ0) is 13.5. The van der Waals surface area contributed by atoms with Crippen LogP contribution < -0.4 is 5.73 Å². The fourth-order valence-corrected chi connectivity index (χ4v) is 2.02. The van der Waals surface area contributed by atoms with E-state index in [1.807, 2.05) is 0 Å². The second kappa shape index (κ2) is 7.66. The highest BCUT2D eigenvalue weighted by molar-refractivity contribution is 7.80. The van der Waals surface area contributed by atoms with Crippen molar-refractivity contribution in [2.45, 2.75) is 25.8 Å². The predicted molar refractivity (Wildman–Crippen MR) is 75.5 cm³/mol. The molecule has 6 heteroatoms. The van der Waals surface area contributed by atoms with E-state index >= 15 is 0 Å². The van der Waals surface area contributed by atoms with E-state index in [9.17, 15) is 4.79 Å². The number of hydrogen-bond acceptors (Lipinski definition) is 4. The minimum atomic E-state index is 0.143. The van der Waals surface area contributed by atoms with Crippen molar-refractivity contribution in [3.05, 3.63) is 0 Å². The van der Waals surface area contributed by atoms with Gasteiger partial charge in [-0.2, -0.15) is 0 Å². The molecule has 0 radical (unpaired) electrons. The third kappa shape index (κ3) is 5.29. The number of rotatable bonds is 6.